The van der Waals surface area contributed by atoms with Crippen molar-refractivity contribution in [2.75, 3.05) is 6.61 Å². The van der Waals surface area contributed by atoms with Gasteiger partial charge in [-0.05, 0) is 42.8 Å². The van der Waals surface area contributed by atoms with E-state index in [-0.39, 0.29) is 11.6 Å². The van der Waals surface area contributed by atoms with Gasteiger partial charge in [0.05, 0.1) is 6.61 Å². The molecule has 0 radical (unpaired) electrons. The van der Waals surface area contributed by atoms with Crippen molar-refractivity contribution in [2.24, 2.45) is 0 Å². The zero-order chi connectivity index (χ0) is 14.4. The van der Waals surface area contributed by atoms with Crippen LogP contribution in [0.15, 0.2) is 53.0 Å². The molecule has 0 saturated carbocycles. The summed E-state index contributed by atoms with van der Waals surface area (Å²) in [5, 5.41) is 0. The highest BCUT2D eigenvalue weighted by atomic mass is 79.9. The lowest BCUT2D eigenvalue weighted by atomic mass is 10.1. The van der Waals surface area contributed by atoms with Gasteiger partial charge in [-0.15, -0.1) is 0 Å². The highest BCUT2D eigenvalue weighted by Crippen LogP contribution is 2.14. The van der Waals surface area contributed by atoms with Crippen molar-refractivity contribution in [1.29, 1.82) is 0 Å². The molecule has 0 N–H and O–H groups in total. The van der Waals surface area contributed by atoms with Gasteiger partial charge in [-0.25, -0.2) is 4.39 Å². The van der Waals surface area contributed by atoms with Gasteiger partial charge in [-0.2, -0.15) is 0 Å². The summed E-state index contributed by atoms with van der Waals surface area (Å²) in [5.74, 6) is 0.422. The van der Waals surface area contributed by atoms with Crippen LogP contribution in [0.1, 0.15) is 23.2 Å². The third kappa shape index (κ3) is 4.46. The molecule has 0 aliphatic rings. The predicted octanol–water partition coefficient (Wildman–Crippen LogP) is 4.63. The Morgan fingerprint density at radius 3 is 2.35 bits per heavy atom. The number of Topliss-reactive ketones (excluding diaryl/α,β-unsaturated/α-hetero) is 1. The number of hydrogen-bond donors (Lipinski definition) is 0. The van der Waals surface area contributed by atoms with E-state index in [1.807, 2.05) is 12.1 Å². The predicted molar refractivity (Wildman–Crippen MR) is 79.6 cm³/mol. The average molecular weight is 337 g/mol. The minimum atomic E-state index is -0.289. The van der Waals surface area contributed by atoms with E-state index in [2.05, 4.69) is 15.9 Å². The SMILES string of the molecule is O=C(CCCOc1ccc(F)cc1)c1ccc(Br)cc1. The van der Waals surface area contributed by atoms with Gasteiger partial charge in [0.2, 0.25) is 0 Å². The van der Waals surface area contributed by atoms with Gasteiger partial charge >= 0.3 is 0 Å². The number of rotatable bonds is 6. The topological polar surface area (TPSA) is 26.3 Å². The van der Waals surface area contributed by atoms with E-state index in [0.717, 1.165) is 4.47 Å². The maximum Gasteiger partial charge on any atom is 0.163 e. The molecule has 0 bridgehead atoms. The van der Waals surface area contributed by atoms with Crippen LogP contribution in [0.5, 0.6) is 5.75 Å². The molecule has 0 fully saturated rings. The fourth-order valence-electron chi connectivity index (χ4n) is 1.73. The minimum absolute atomic E-state index is 0.0974. The molecular weight excluding hydrogens is 323 g/mol. The molecule has 0 unspecified atom stereocenters. The first-order valence-corrected chi connectivity index (χ1v) is 7.11. The van der Waals surface area contributed by atoms with Crippen molar-refractivity contribution in [3.8, 4) is 5.75 Å². The van der Waals surface area contributed by atoms with E-state index in [0.29, 0.717) is 30.8 Å². The van der Waals surface area contributed by atoms with Crippen LogP contribution in [0.25, 0.3) is 0 Å². The normalized spacial score (nSPS) is 10.3. The van der Waals surface area contributed by atoms with Crippen molar-refractivity contribution in [1.82, 2.24) is 0 Å². The molecule has 2 aromatic rings. The Balaban J connectivity index is 1.74. The first-order chi connectivity index (χ1) is 9.65. The lowest BCUT2D eigenvalue weighted by Gasteiger charge is -2.05. The first kappa shape index (κ1) is 14.7. The zero-order valence-corrected chi connectivity index (χ0v) is 12.4. The van der Waals surface area contributed by atoms with Gasteiger partial charge in [0.1, 0.15) is 11.6 Å². The lowest BCUT2D eigenvalue weighted by Crippen LogP contribution is -2.03. The number of halogens is 2. The van der Waals surface area contributed by atoms with E-state index in [4.69, 9.17) is 4.74 Å². The summed E-state index contributed by atoms with van der Waals surface area (Å²) in [5.41, 5.74) is 0.704. The van der Waals surface area contributed by atoms with Crippen LogP contribution in [0.4, 0.5) is 4.39 Å². The molecule has 0 spiro atoms. The molecule has 4 heteroatoms. The Labute approximate surface area is 125 Å². The van der Waals surface area contributed by atoms with Gasteiger partial charge in [0, 0.05) is 16.5 Å². The highest BCUT2D eigenvalue weighted by molar-refractivity contribution is 9.10. The number of benzene rings is 2. The monoisotopic (exact) mass is 336 g/mol. The maximum atomic E-state index is 12.7. The van der Waals surface area contributed by atoms with Crippen LogP contribution in [0, 0.1) is 5.82 Å². The number of carbonyl (C=O) groups excluding carboxylic acids is 1. The molecule has 0 aliphatic carbocycles. The molecular formula is C16H14BrFO2. The third-order valence-corrected chi connectivity index (χ3v) is 3.33. The molecule has 2 aromatic carbocycles. The number of carbonyl (C=O) groups is 1. The van der Waals surface area contributed by atoms with Crippen LogP contribution in [-0.2, 0) is 0 Å². The highest BCUT2D eigenvalue weighted by Gasteiger charge is 2.05. The van der Waals surface area contributed by atoms with Gasteiger partial charge in [-0.3, -0.25) is 4.79 Å². The standard InChI is InChI=1S/C16H14BrFO2/c17-13-5-3-12(4-6-13)16(19)2-1-11-20-15-9-7-14(18)8-10-15/h3-10H,1-2,11H2. The van der Waals surface area contributed by atoms with Crippen molar-refractivity contribution in [3.05, 3.63) is 64.4 Å². The smallest absolute Gasteiger partial charge is 0.163 e. The van der Waals surface area contributed by atoms with Crippen LogP contribution >= 0.6 is 15.9 Å². The molecule has 0 aromatic heterocycles. The Morgan fingerprint density at radius 2 is 1.70 bits per heavy atom. The molecule has 0 saturated heterocycles. The molecule has 20 heavy (non-hydrogen) atoms. The number of ketones is 1. The summed E-state index contributed by atoms with van der Waals surface area (Å²) in [7, 11) is 0. The minimum Gasteiger partial charge on any atom is -0.494 e. The summed E-state index contributed by atoms with van der Waals surface area (Å²) >= 11 is 3.33. The molecule has 2 nitrogen and oxygen atoms in total. The fraction of sp³-hybridized carbons (Fsp3) is 0.188. The second kappa shape index (κ2) is 7.20. The fourth-order valence-corrected chi connectivity index (χ4v) is 2.00. The van der Waals surface area contributed by atoms with Crippen LogP contribution in [-0.4, -0.2) is 12.4 Å². The maximum absolute atomic E-state index is 12.7. The Bertz CT molecular complexity index is 564. The first-order valence-electron chi connectivity index (χ1n) is 6.32. The van der Waals surface area contributed by atoms with Crippen LogP contribution in [0.2, 0.25) is 0 Å². The van der Waals surface area contributed by atoms with Gasteiger partial charge < -0.3 is 4.74 Å². The summed E-state index contributed by atoms with van der Waals surface area (Å²) < 4.78 is 19.1. The van der Waals surface area contributed by atoms with Gasteiger partial charge in [0.25, 0.3) is 0 Å². The summed E-state index contributed by atoms with van der Waals surface area (Å²) in [6.07, 6.45) is 1.06. The van der Waals surface area contributed by atoms with Crippen LogP contribution in [0.3, 0.4) is 0 Å². The summed E-state index contributed by atoms with van der Waals surface area (Å²) in [4.78, 5) is 11.9. The number of ether oxygens (including phenoxy) is 1. The van der Waals surface area contributed by atoms with E-state index in [9.17, 15) is 9.18 Å². The lowest BCUT2D eigenvalue weighted by molar-refractivity contribution is 0.0973. The summed E-state index contributed by atoms with van der Waals surface area (Å²) in [6.45, 7) is 0.438. The Hall–Kier alpha value is -1.68. The average Bonchev–Trinajstić information content (AvgIpc) is 2.46. The molecule has 0 heterocycles. The van der Waals surface area contributed by atoms with Crippen molar-refractivity contribution in [2.45, 2.75) is 12.8 Å². The van der Waals surface area contributed by atoms with Crippen molar-refractivity contribution >= 4 is 21.7 Å². The van der Waals surface area contributed by atoms with Crippen LogP contribution < -0.4 is 4.74 Å². The van der Waals surface area contributed by atoms with Gasteiger partial charge in [-0.1, -0.05) is 28.1 Å². The van der Waals surface area contributed by atoms with Crippen molar-refractivity contribution in [3.63, 3.8) is 0 Å². The largest absolute Gasteiger partial charge is 0.494 e. The van der Waals surface area contributed by atoms with E-state index < -0.39 is 0 Å². The van der Waals surface area contributed by atoms with Crippen molar-refractivity contribution < 1.29 is 13.9 Å². The molecule has 0 amide bonds. The number of hydrogen-bond acceptors (Lipinski definition) is 2. The van der Waals surface area contributed by atoms with E-state index in [1.54, 1.807) is 24.3 Å². The zero-order valence-electron chi connectivity index (χ0n) is 10.8. The molecule has 2 rings (SSSR count). The molecule has 0 aliphatic heterocycles. The van der Waals surface area contributed by atoms with Gasteiger partial charge in [0.15, 0.2) is 5.78 Å². The second-order valence-corrected chi connectivity index (χ2v) is 5.25. The third-order valence-electron chi connectivity index (χ3n) is 2.80. The quantitative estimate of drug-likeness (QED) is 0.567. The Morgan fingerprint density at radius 1 is 1.05 bits per heavy atom. The van der Waals surface area contributed by atoms with E-state index >= 15 is 0 Å². The Kier molecular flexibility index (Phi) is 5.30. The molecule has 104 valence electrons. The molecule has 0 atom stereocenters. The second-order valence-electron chi connectivity index (χ2n) is 4.34. The summed E-state index contributed by atoms with van der Waals surface area (Å²) in [6, 6.07) is 13.1. The van der Waals surface area contributed by atoms with E-state index in [1.165, 1.54) is 12.1 Å².